The summed E-state index contributed by atoms with van der Waals surface area (Å²) in [6.07, 6.45) is 1.98. The van der Waals surface area contributed by atoms with Gasteiger partial charge in [0.25, 0.3) is 0 Å². The van der Waals surface area contributed by atoms with E-state index in [1.165, 1.54) is 11.3 Å². The van der Waals surface area contributed by atoms with E-state index >= 15 is 0 Å². The largest absolute Gasteiger partial charge is 0.480 e. The van der Waals surface area contributed by atoms with Crippen LogP contribution in [0.2, 0.25) is 0 Å². The Morgan fingerprint density at radius 3 is 2.86 bits per heavy atom. The van der Waals surface area contributed by atoms with E-state index in [9.17, 15) is 9.90 Å². The Bertz CT molecular complexity index is 626. The molecule has 1 saturated heterocycles. The lowest BCUT2D eigenvalue weighted by atomic mass is 9.91. The molecule has 2 aromatic rings. The number of hydrogen-bond acceptors (Lipinski definition) is 4. The van der Waals surface area contributed by atoms with Gasteiger partial charge < -0.3 is 10.0 Å². The fraction of sp³-hybridized carbons (Fsp3) is 0.375. The third-order valence-corrected chi connectivity index (χ3v) is 4.87. The zero-order valence-electron chi connectivity index (χ0n) is 11.9. The summed E-state index contributed by atoms with van der Waals surface area (Å²) in [6, 6.07) is 9.52. The molecule has 2 heterocycles. The molecule has 0 amide bonds. The van der Waals surface area contributed by atoms with Crippen molar-refractivity contribution in [2.75, 3.05) is 11.4 Å². The first-order valence-electron chi connectivity index (χ1n) is 7.17. The van der Waals surface area contributed by atoms with Gasteiger partial charge in [-0.25, -0.2) is 9.78 Å². The van der Waals surface area contributed by atoms with Gasteiger partial charge in [-0.05, 0) is 18.8 Å². The molecule has 110 valence electrons. The number of carboxylic acid groups (broad SMARTS) is 1. The van der Waals surface area contributed by atoms with Crippen molar-refractivity contribution >= 4 is 22.4 Å². The Labute approximate surface area is 128 Å². The molecular weight excluding hydrogens is 284 g/mol. The van der Waals surface area contributed by atoms with Crippen molar-refractivity contribution in [2.45, 2.75) is 25.8 Å². The Balaban J connectivity index is 1.90. The number of rotatable bonds is 3. The first-order valence-corrected chi connectivity index (χ1v) is 8.05. The van der Waals surface area contributed by atoms with Crippen LogP contribution in [0.15, 0.2) is 35.7 Å². The minimum absolute atomic E-state index is 0.153. The van der Waals surface area contributed by atoms with Crippen molar-refractivity contribution in [3.05, 3.63) is 35.7 Å². The van der Waals surface area contributed by atoms with E-state index in [-0.39, 0.29) is 5.92 Å². The van der Waals surface area contributed by atoms with Crippen molar-refractivity contribution in [2.24, 2.45) is 5.92 Å². The number of aliphatic carboxylic acids is 1. The number of anilines is 1. The van der Waals surface area contributed by atoms with Crippen LogP contribution < -0.4 is 4.90 Å². The van der Waals surface area contributed by atoms with Crippen molar-refractivity contribution in [3.63, 3.8) is 0 Å². The van der Waals surface area contributed by atoms with Crippen LogP contribution in [-0.2, 0) is 4.79 Å². The molecule has 21 heavy (non-hydrogen) atoms. The fourth-order valence-electron chi connectivity index (χ4n) is 2.92. The Hall–Kier alpha value is -1.88. The average Bonchev–Trinajstić information content (AvgIpc) is 2.97. The number of aromatic nitrogens is 1. The predicted octanol–water partition coefficient (Wildman–Crippen LogP) is 3.50. The van der Waals surface area contributed by atoms with Crippen molar-refractivity contribution < 1.29 is 9.90 Å². The second-order valence-corrected chi connectivity index (χ2v) is 6.31. The second-order valence-electron chi connectivity index (χ2n) is 5.48. The highest BCUT2D eigenvalue weighted by atomic mass is 32.1. The van der Waals surface area contributed by atoms with Gasteiger partial charge in [-0.1, -0.05) is 37.3 Å². The minimum Gasteiger partial charge on any atom is -0.480 e. The number of carbonyl (C=O) groups is 1. The monoisotopic (exact) mass is 302 g/mol. The van der Waals surface area contributed by atoms with Crippen molar-refractivity contribution in [3.8, 4) is 11.3 Å². The van der Waals surface area contributed by atoms with E-state index in [2.05, 4.69) is 4.98 Å². The lowest BCUT2D eigenvalue weighted by Crippen LogP contribution is -2.49. The average molecular weight is 302 g/mol. The Morgan fingerprint density at radius 1 is 1.38 bits per heavy atom. The number of hydrogen-bond donors (Lipinski definition) is 1. The number of piperidine rings is 1. The van der Waals surface area contributed by atoms with Crippen LogP contribution in [0.1, 0.15) is 19.8 Å². The highest BCUT2D eigenvalue weighted by molar-refractivity contribution is 7.14. The molecule has 2 atom stereocenters. The van der Waals surface area contributed by atoms with Gasteiger partial charge in [0.1, 0.15) is 6.04 Å². The van der Waals surface area contributed by atoms with Crippen LogP contribution in [-0.4, -0.2) is 28.6 Å². The fourth-order valence-corrected chi connectivity index (χ4v) is 3.81. The standard InChI is InChI=1S/C16H18N2O2S/c1-11-6-5-9-18(14(11)15(19)20)16-17-13(10-21-16)12-7-3-2-4-8-12/h2-4,7-8,10-11,14H,5-6,9H2,1H3,(H,19,20). The number of nitrogens with zero attached hydrogens (tertiary/aromatic N) is 2. The summed E-state index contributed by atoms with van der Waals surface area (Å²) in [5.74, 6) is -0.598. The molecule has 1 fully saturated rings. The second kappa shape index (κ2) is 5.85. The molecule has 5 heteroatoms. The maximum Gasteiger partial charge on any atom is 0.326 e. The SMILES string of the molecule is CC1CCCN(c2nc(-c3ccccc3)cs2)C1C(=O)O. The molecular formula is C16H18N2O2S. The molecule has 0 bridgehead atoms. The van der Waals surface area contributed by atoms with Gasteiger partial charge in [-0.2, -0.15) is 0 Å². The lowest BCUT2D eigenvalue weighted by Gasteiger charge is -2.37. The highest BCUT2D eigenvalue weighted by Gasteiger charge is 2.35. The van der Waals surface area contributed by atoms with Crippen molar-refractivity contribution in [1.82, 2.24) is 4.98 Å². The van der Waals surface area contributed by atoms with Crippen LogP contribution in [0.5, 0.6) is 0 Å². The summed E-state index contributed by atoms with van der Waals surface area (Å²) < 4.78 is 0. The van der Waals surface area contributed by atoms with E-state index in [1.807, 2.05) is 47.5 Å². The van der Waals surface area contributed by atoms with Gasteiger partial charge in [0.15, 0.2) is 5.13 Å². The topological polar surface area (TPSA) is 53.4 Å². The quantitative estimate of drug-likeness (QED) is 0.943. The van der Waals surface area contributed by atoms with Crippen molar-refractivity contribution in [1.29, 1.82) is 0 Å². The summed E-state index contributed by atoms with van der Waals surface area (Å²) in [6.45, 7) is 2.78. The van der Waals surface area contributed by atoms with Crippen LogP contribution >= 0.6 is 11.3 Å². The maximum atomic E-state index is 11.6. The first-order chi connectivity index (χ1) is 10.2. The normalized spacial score (nSPS) is 22.2. The van der Waals surface area contributed by atoms with E-state index < -0.39 is 12.0 Å². The van der Waals surface area contributed by atoms with E-state index in [0.29, 0.717) is 0 Å². The number of thiazole rings is 1. The highest BCUT2D eigenvalue weighted by Crippen LogP contribution is 2.33. The molecule has 0 saturated carbocycles. The zero-order chi connectivity index (χ0) is 14.8. The van der Waals surface area contributed by atoms with E-state index in [1.54, 1.807) is 0 Å². The molecule has 0 radical (unpaired) electrons. The summed E-state index contributed by atoms with van der Waals surface area (Å²) in [5, 5.41) is 12.3. The van der Waals surface area contributed by atoms with Crippen LogP contribution in [0.25, 0.3) is 11.3 Å². The molecule has 1 aliphatic rings. The Kier molecular flexibility index (Phi) is 3.92. The zero-order valence-corrected chi connectivity index (χ0v) is 12.7. The molecule has 2 unspecified atom stereocenters. The number of carboxylic acids is 1. The molecule has 3 rings (SSSR count). The smallest absolute Gasteiger partial charge is 0.326 e. The Morgan fingerprint density at radius 2 is 2.14 bits per heavy atom. The van der Waals surface area contributed by atoms with Gasteiger partial charge >= 0.3 is 5.97 Å². The van der Waals surface area contributed by atoms with Gasteiger partial charge in [-0.3, -0.25) is 0 Å². The van der Waals surface area contributed by atoms with E-state index in [0.717, 1.165) is 35.8 Å². The lowest BCUT2D eigenvalue weighted by molar-refractivity contribution is -0.140. The summed E-state index contributed by atoms with van der Waals surface area (Å²) in [4.78, 5) is 18.2. The van der Waals surface area contributed by atoms with Crippen LogP contribution in [0.3, 0.4) is 0 Å². The molecule has 0 aliphatic carbocycles. The van der Waals surface area contributed by atoms with E-state index in [4.69, 9.17) is 0 Å². The van der Waals surface area contributed by atoms with Crippen LogP contribution in [0.4, 0.5) is 5.13 Å². The molecule has 1 N–H and O–H groups in total. The van der Waals surface area contributed by atoms with Crippen LogP contribution in [0, 0.1) is 5.92 Å². The molecule has 1 aromatic heterocycles. The first kappa shape index (κ1) is 14.1. The number of benzene rings is 1. The molecule has 1 aliphatic heterocycles. The predicted molar refractivity (Wildman–Crippen MR) is 84.7 cm³/mol. The molecule has 1 aromatic carbocycles. The summed E-state index contributed by atoms with van der Waals surface area (Å²) in [5.41, 5.74) is 1.98. The minimum atomic E-state index is -0.751. The summed E-state index contributed by atoms with van der Waals surface area (Å²) >= 11 is 1.53. The summed E-state index contributed by atoms with van der Waals surface area (Å²) in [7, 11) is 0. The van der Waals surface area contributed by atoms with Gasteiger partial charge in [0.2, 0.25) is 0 Å². The third-order valence-electron chi connectivity index (χ3n) is 3.99. The third kappa shape index (κ3) is 2.78. The molecule has 4 nitrogen and oxygen atoms in total. The maximum absolute atomic E-state index is 11.6. The molecule has 0 spiro atoms. The van der Waals surface area contributed by atoms with Gasteiger partial charge in [-0.15, -0.1) is 11.3 Å². The van der Waals surface area contributed by atoms with Gasteiger partial charge in [0, 0.05) is 17.5 Å². The van der Waals surface area contributed by atoms with Gasteiger partial charge in [0.05, 0.1) is 5.69 Å².